The van der Waals surface area contributed by atoms with E-state index in [2.05, 4.69) is 13.8 Å². The Hall–Kier alpha value is -1.14. The molecule has 40 heavy (non-hydrogen) atoms. The number of ether oxygens (including phenoxy) is 2. The Morgan fingerprint density at radius 1 is 0.875 bits per heavy atom. The highest BCUT2D eigenvalue weighted by Gasteiger charge is 2.67. The molecule has 0 amide bonds. The Morgan fingerprint density at radius 3 is 2.08 bits per heavy atom. The minimum absolute atomic E-state index is 0.0438. The smallest absolute Gasteiger partial charge is 0.312 e. The van der Waals surface area contributed by atoms with Crippen molar-refractivity contribution in [2.24, 2.45) is 52.8 Å². The third-order valence-electron chi connectivity index (χ3n) is 13.1. The second-order valence-corrected chi connectivity index (χ2v) is 16.6. The van der Waals surface area contributed by atoms with Crippen LogP contribution in [0.4, 0.5) is 0 Å². The van der Waals surface area contributed by atoms with E-state index >= 15 is 0 Å². The summed E-state index contributed by atoms with van der Waals surface area (Å²) < 4.78 is 11.9. The molecular weight excluding hydrogens is 504 g/mol. The van der Waals surface area contributed by atoms with Gasteiger partial charge in [-0.25, -0.2) is 0 Å². The summed E-state index contributed by atoms with van der Waals surface area (Å²) in [6.45, 7) is 12.1. The van der Waals surface area contributed by atoms with E-state index in [1.807, 2.05) is 27.7 Å². The second-order valence-electron chi connectivity index (χ2n) is 16.6. The zero-order valence-corrected chi connectivity index (χ0v) is 25.8. The summed E-state index contributed by atoms with van der Waals surface area (Å²) in [5.41, 5.74) is -2.98. The van der Waals surface area contributed by atoms with Gasteiger partial charge in [0, 0.05) is 25.2 Å². The van der Waals surface area contributed by atoms with E-state index in [-0.39, 0.29) is 29.4 Å². The molecule has 6 heteroatoms. The fraction of sp³-hybridized carbons (Fsp3) is 0.941. The molecule has 10 unspecified atom stereocenters. The number of hydrogen-bond donors (Lipinski definition) is 2. The van der Waals surface area contributed by atoms with Gasteiger partial charge in [0.25, 0.3) is 0 Å². The van der Waals surface area contributed by atoms with Crippen LogP contribution in [0.15, 0.2) is 0 Å². The van der Waals surface area contributed by atoms with Gasteiger partial charge in [0.1, 0.15) is 11.2 Å². The van der Waals surface area contributed by atoms with Gasteiger partial charge >= 0.3 is 11.9 Å². The second kappa shape index (κ2) is 9.43. The van der Waals surface area contributed by atoms with Crippen LogP contribution in [0.5, 0.6) is 0 Å². The minimum Gasteiger partial charge on any atom is -0.459 e. The highest BCUT2D eigenvalue weighted by Crippen LogP contribution is 2.70. The van der Waals surface area contributed by atoms with Gasteiger partial charge in [-0.2, -0.15) is 0 Å². The SMILES string of the molecule is CCC(C)(C)C(=O)OC12CC3CC(O)(CC(O)(C3)C1)C2.CCC(C)C(=O)OC1(C)CC2CC1C1C3CCC(C3)C21. The highest BCUT2D eigenvalue weighted by molar-refractivity contribution is 5.76. The summed E-state index contributed by atoms with van der Waals surface area (Å²) in [5.74, 6) is 5.57. The van der Waals surface area contributed by atoms with Crippen LogP contribution in [-0.4, -0.2) is 44.6 Å². The first-order chi connectivity index (χ1) is 18.6. The molecule has 8 bridgehead atoms. The molecule has 0 aliphatic heterocycles. The third-order valence-corrected chi connectivity index (χ3v) is 13.1. The Bertz CT molecular complexity index is 1020. The van der Waals surface area contributed by atoms with Gasteiger partial charge in [0.05, 0.1) is 22.5 Å². The van der Waals surface area contributed by atoms with Crippen LogP contribution >= 0.6 is 0 Å². The predicted octanol–water partition coefficient (Wildman–Crippen LogP) is 6.20. The number of hydrogen-bond acceptors (Lipinski definition) is 6. The maximum atomic E-state index is 12.4. The lowest BCUT2D eigenvalue weighted by Crippen LogP contribution is -2.67. The van der Waals surface area contributed by atoms with Crippen molar-refractivity contribution >= 4 is 11.9 Å². The molecule has 6 nitrogen and oxygen atoms in total. The molecule has 8 aliphatic rings. The quantitative estimate of drug-likeness (QED) is 0.298. The molecule has 0 aromatic heterocycles. The molecule has 0 radical (unpaired) electrons. The molecule has 226 valence electrons. The van der Waals surface area contributed by atoms with Crippen molar-refractivity contribution in [1.29, 1.82) is 0 Å². The van der Waals surface area contributed by atoms with Crippen molar-refractivity contribution in [2.75, 3.05) is 0 Å². The van der Waals surface area contributed by atoms with Crippen LogP contribution in [0.1, 0.15) is 125 Å². The Labute approximate surface area is 241 Å². The number of carbonyl (C=O) groups is 2. The van der Waals surface area contributed by atoms with Gasteiger partial charge in [-0.3, -0.25) is 9.59 Å². The molecule has 0 heterocycles. The Morgan fingerprint density at radius 2 is 1.50 bits per heavy atom. The minimum atomic E-state index is -0.842. The van der Waals surface area contributed by atoms with Gasteiger partial charge in [0.15, 0.2) is 0 Å². The standard InChI is InChI=1S/C18H28O2.C16H26O4/c1-4-10(2)17(19)20-18(3)9-13-8-14(18)16-12-6-5-11(7-12)15(13)16;1-4-13(2,3)12(17)20-16-7-11-5-14(18,9-16)8-15(19,6-11)10-16/h10-16H,4-9H2,1-3H3;11,18-19H,4-10H2,1-3H3. The predicted molar refractivity (Wildman–Crippen MR) is 152 cm³/mol. The van der Waals surface area contributed by atoms with Crippen molar-refractivity contribution in [1.82, 2.24) is 0 Å². The molecule has 8 fully saturated rings. The van der Waals surface area contributed by atoms with E-state index < -0.39 is 22.2 Å². The van der Waals surface area contributed by atoms with Crippen molar-refractivity contribution in [2.45, 2.75) is 147 Å². The molecule has 2 N–H and O–H groups in total. The zero-order chi connectivity index (χ0) is 28.9. The zero-order valence-electron chi connectivity index (χ0n) is 25.8. The van der Waals surface area contributed by atoms with Crippen LogP contribution in [0.2, 0.25) is 0 Å². The summed E-state index contributed by atoms with van der Waals surface area (Å²) in [5, 5.41) is 21.3. The lowest BCUT2D eigenvalue weighted by atomic mass is 9.50. The molecule has 0 aromatic carbocycles. The number of esters is 2. The lowest BCUT2D eigenvalue weighted by molar-refractivity contribution is -0.264. The Balaban J connectivity index is 0.000000145. The van der Waals surface area contributed by atoms with Gasteiger partial charge in [-0.15, -0.1) is 0 Å². The lowest BCUT2D eigenvalue weighted by Gasteiger charge is -2.62. The van der Waals surface area contributed by atoms with E-state index in [9.17, 15) is 19.8 Å². The molecule has 8 aliphatic carbocycles. The van der Waals surface area contributed by atoms with Crippen molar-refractivity contribution < 1.29 is 29.3 Å². The molecule has 10 atom stereocenters. The first-order valence-electron chi connectivity index (χ1n) is 16.5. The summed E-state index contributed by atoms with van der Waals surface area (Å²) in [7, 11) is 0. The van der Waals surface area contributed by atoms with E-state index in [1.54, 1.807) is 0 Å². The van der Waals surface area contributed by atoms with Crippen molar-refractivity contribution in [3.05, 3.63) is 0 Å². The number of aliphatic hydroxyl groups is 2. The van der Waals surface area contributed by atoms with Crippen molar-refractivity contribution in [3.8, 4) is 0 Å². The monoisotopic (exact) mass is 558 g/mol. The average Bonchev–Trinajstić information content (AvgIpc) is 3.60. The van der Waals surface area contributed by atoms with Crippen LogP contribution < -0.4 is 0 Å². The van der Waals surface area contributed by atoms with Gasteiger partial charge in [0.2, 0.25) is 0 Å². The normalized spacial score (nSPS) is 49.9. The van der Waals surface area contributed by atoms with Gasteiger partial charge in [-0.05, 0) is 120 Å². The van der Waals surface area contributed by atoms with E-state index in [4.69, 9.17) is 9.47 Å². The highest BCUT2D eigenvalue weighted by atomic mass is 16.6. The molecule has 0 spiro atoms. The Kier molecular flexibility index (Phi) is 6.83. The molecule has 0 saturated heterocycles. The topological polar surface area (TPSA) is 93.1 Å². The third kappa shape index (κ3) is 4.66. The van der Waals surface area contributed by atoms with Crippen LogP contribution in [0.25, 0.3) is 0 Å². The van der Waals surface area contributed by atoms with E-state index in [0.29, 0.717) is 25.2 Å². The summed E-state index contributed by atoms with van der Waals surface area (Å²) in [4.78, 5) is 24.6. The summed E-state index contributed by atoms with van der Waals surface area (Å²) in [6.07, 6.45) is 12.2. The average molecular weight is 559 g/mol. The maximum absolute atomic E-state index is 12.4. The fourth-order valence-electron chi connectivity index (χ4n) is 11.3. The number of carbonyl (C=O) groups excluding carboxylic acids is 2. The van der Waals surface area contributed by atoms with E-state index in [1.165, 1.54) is 25.7 Å². The molecule has 8 saturated carbocycles. The van der Waals surface area contributed by atoms with Gasteiger partial charge < -0.3 is 19.7 Å². The van der Waals surface area contributed by atoms with Crippen LogP contribution in [0.3, 0.4) is 0 Å². The molecular formula is C34H54O6. The number of rotatable bonds is 6. The first-order valence-corrected chi connectivity index (χ1v) is 16.5. The fourth-order valence-corrected chi connectivity index (χ4v) is 11.3. The first kappa shape index (κ1) is 29.0. The molecule has 8 rings (SSSR count). The summed E-state index contributed by atoms with van der Waals surface area (Å²) in [6, 6.07) is 0. The maximum Gasteiger partial charge on any atom is 0.312 e. The largest absolute Gasteiger partial charge is 0.459 e. The molecule has 0 aromatic rings. The van der Waals surface area contributed by atoms with E-state index in [0.717, 1.165) is 68.1 Å². The summed E-state index contributed by atoms with van der Waals surface area (Å²) >= 11 is 0. The van der Waals surface area contributed by atoms with Crippen LogP contribution in [-0.2, 0) is 19.1 Å². The van der Waals surface area contributed by atoms with Crippen molar-refractivity contribution in [3.63, 3.8) is 0 Å². The van der Waals surface area contributed by atoms with Crippen LogP contribution in [0, 0.1) is 52.8 Å². The number of fused-ring (bicyclic) bond motifs is 9. The van der Waals surface area contributed by atoms with Gasteiger partial charge in [-0.1, -0.05) is 20.8 Å².